The molecule has 1 unspecified atom stereocenters. The van der Waals surface area contributed by atoms with Crippen molar-refractivity contribution in [3.8, 4) is 5.75 Å². The summed E-state index contributed by atoms with van der Waals surface area (Å²) in [5.41, 5.74) is 4.10. The first-order valence-corrected chi connectivity index (χ1v) is 12.0. The fourth-order valence-electron chi connectivity index (χ4n) is 4.57. The Morgan fingerprint density at radius 3 is 2.57 bits per heavy atom. The molecule has 4 aromatic carbocycles. The Balaban J connectivity index is 1.34. The fraction of sp³-hybridized carbons (Fsp3) is 0.200. The van der Waals surface area contributed by atoms with Crippen LogP contribution in [0.5, 0.6) is 5.75 Å². The summed E-state index contributed by atoms with van der Waals surface area (Å²) in [6.45, 7) is 5.13. The Kier molecular flexibility index (Phi) is 6.49. The lowest BCUT2D eigenvalue weighted by Crippen LogP contribution is -2.30. The van der Waals surface area contributed by atoms with Crippen molar-refractivity contribution in [1.29, 1.82) is 0 Å². The number of hydrogen-bond acceptors (Lipinski definition) is 3. The van der Waals surface area contributed by atoms with E-state index in [1.165, 1.54) is 0 Å². The molecule has 35 heavy (non-hydrogen) atoms. The van der Waals surface area contributed by atoms with E-state index in [-0.39, 0.29) is 11.9 Å². The second-order valence-electron chi connectivity index (χ2n) is 8.83. The van der Waals surface area contributed by atoms with Crippen molar-refractivity contribution >= 4 is 27.7 Å². The third kappa shape index (κ3) is 4.90. The zero-order valence-corrected chi connectivity index (χ0v) is 20.1. The monoisotopic (exact) mass is 463 g/mol. The topological polar surface area (TPSA) is 56.2 Å². The number of aryl methyl sites for hydroxylation is 1. The average molecular weight is 464 g/mol. The number of carbonyl (C=O) groups excluding carboxylic acids is 1. The van der Waals surface area contributed by atoms with Gasteiger partial charge in [-0.05, 0) is 48.6 Å². The Hall–Kier alpha value is -4.12. The lowest BCUT2D eigenvalue weighted by atomic mass is 10.1. The van der Waals surface area contributed by atoms with E-state index in [0.717, 1.165) is 44.5 Å². The molecule has 0 aliphatic rings. The maximum atomic E-state index is 12.8. The maximum Gasteiger partial charge on any atom is 0.225 e. The fourth-order valence-corrected chi connectivity index (χ4v) is 4.57. The van der Waals surface area contributed by atoms with Gasteiger partial charge < -0.3 is 14.6 Å². The highest BCUT2D eigenvalue weighted by Crippen LogP contribution is 2.26. The summed E-state index contributed by atoms with van der Waals surface area (Å²) >= 11 is 0. The van der Waals surface area contributed by atoms with Crippen molar-refractivity contribution in [2.75, 3.05) is 6.61 Å². The third-order valence-electron chi connectivity index (χ3n) is 6.38. The lowest BCUT2D eigenvalue weighted by Gasteiger charge is -2.17. The summed E-state index contributed by atoms with van der Waals surface area (Å²) in [7, 11) is 0. The minimum atomic E-state index is -0.239. The van der Waals surface area contributed by atoms with Gasteiger partial charge in [0.2, 0.25) is 5.91 Å². The van der Waals surface area contributed by atoms with Crippen LogP contribution in [0.2, 0.25) is 0 Å². The van der Waals surface area contributed by atoms with Crippen LogP contribution in [0.25, 0.3) is 21.8 Å². The van der Waals surface area contributed by atoms with Gasteiger partial charge in [-0.25, -0.2) is 4.98 Å². The van der Waals surface area contributed by atoms with Crippen LogP contribution in [0.3, 0.4) is 0 Å². The van der Waals surface area contributed by atoms with E-state index < -0.39 is 0 Å². The molecule has 0 aliphatic carbocycles. The molecule has 0 saturated heterocycles. The van der Waals surface area contributed by atoms with Gasteiger partial charge in [-0.2, -0.15) is 0 Å². The Labute approximate surface area is 205 Å². The van der Waals surface area contributed by atoms with Gasteiger partial charge in [-0.15, -0.1) is 0 Å². The van der Waals surface area contributed by atoms with E-state index in [2.05, 4.69) is 34.1 Å². The first-order valence-electron chi connectivity index (χ1n) is 12.0. The van der Waals surface area contributed by atoms with Gasteiger partial charge in [0.15, 0.2) is 0 Å². The summed E-state index contributed by atoms with van der Waals surface area (Å²) in [6.07, 6.45) is 0.349. The number of nitrogens with one attached hydrogen (secondary N) is 1. The molecule has 1 atom stereocenters. The second kappa shape index (κ2) is 10.0. The van der Waals surface area contributed by atoms with Crippen LogP contribution in [0, 0.1) is 6.92 Å². The van der Waals surface area contributed by atoms with E-state index in [9.17, 15) is 4.79 Å². The minimum absolute atomic E-state index is 0.0163. The van der Waals surface area contributed by atoms with Crippen LogP contribution in [-0.4, -0.2) is 22.1 Å². The number of nitrogens with zero attached hydrogens (tertiary/aromatic N) is 2. The number of aromatic nitrogens is 2. The summed E-state index contributed by atoms with van der Waals surface area (Å²) < 4.78 is 8.37. The molecule has 0 spiro atoms. The summed E-state index contributed by atoms with van der Waals surface area (Å²) in [6, 6.07) is 30.1. The van der Waals surface area contributed by atoms with Crippen LogP contribution < -0.4 is 10.1 Å². The van der Waals surface area contributed by atoms with Gasteiger partial charge >= 0.3 is 0 Å². The summed E-state index contributed by atoms with van der Waals surface area (Å²) in [4.78, 5) is 17.7. The van der Waals surface area contributed by atoms with E-state index >= 15 is 0 Å². The molecular formula is C30H29N3O2. The molecule has 1 aromatic heterocycles. The van der Waals surface area contributed by atoms with Crippen LogP contribution in [0.15, 0.2) is 91.0 Å². The van der Waals surface area contributed by atoms with E-state index in [0.29, 0.717) is 19.6 Å². The largest absolute Gasteiger partial charge is 0.491 e. The molecule has 5 nitrogen and oxygen atoms in total. The standard InChI is InChI=1S/C30H29N3O2/c1-21-10-3-4-12-24(21)20-29(34)31-22(2)30-32-26-15-7-8-16-27(26)33(30)18-19-35-28-17-9-13-23-11-5-6-14-25(23)28/h3-17,22H,18-20H2,1-2H3,(H,31,34). The number of carbonyl (C=O) groups is 1. The SMILES string of the molecule is Cc1ccccc1CC(=O)NC(C)c1nc2ccccc2n1CCOc1cccc2ccccc12. The smallest absolute Gasteiger partial charge is 0.225 e. The first-order chi connectivity index (χ1) is 17.1. The van der Waals surface area contributed by atoms with Gasteiger partial charge in [-0.3, -0.25) is 4.79 Å². The number of hydrogen-bond donors (Lipinski definition) is 1. The maximum absolute atomic E-state index is 12.8. The molecule has 1 N–H and O–H groups in total. The van der Waals surface area contributed by atoms with Crippen LogP contribution >= 0.6 is 0 Å². The first kappa shape index (κ1) is 22.7. The van der Waals surface area contributed by atoms with Crippen LogP contribution in [0.1, 0.15) is 29.9 Å². The molecule has 0 saturated carbocycles. The third-order valence-corrected chi connectivity index (χ3v) is 6.38. The number of ether oxygens (including phenoxy) is 1. The summed E-state index contributed by atoms with van der Waals surface area (Å²) in [5.74, 6) is 1.68. The normalized spacial score (nSPS) is 12.1. The quantitative estimate of drug-likeness (QED) is 0.307. The van der Waals surface area contributed by atoms with Crippen molar-refractivity contribution in [3.63, 3.8) is 0 Å². The van der Waals surface area contributed by atoms with Crippen molar-refractivity contribution < 1.29 is 9.53 Å². The molecular weight excluding hydrogens is 434 g/mol. The van der Waals surface area contributed by atoms with Crippen LogP contribution in [0.4, 0.5) is 0 Å². The van der Waals surface area contributed by atoms with Gasteiger partial charge in [0.05, 0.1) is 30.0 Å². The lowest BCUT2D eigenvalue weighted by molar-refractivity contribution is -0.121. The highest BCUT2D eigenvalue weighted by molar-refractivity contribution is 5.88. The highest BCUT2D eigenvalue weighted by atomic mass is 16.5. The zero-order valence-electron chi connectivity index (χ0n) is 20.1. The number of para-hydroxylation sites is 2. The molecule has 176 valence electrons. The second-order valence-corrected chi connectivity index (χ2v) is 8.83. The van der Waals surface area contributed by atoms with E-state index in [1.54, 1.807) is 0 Å². The van der Waals surface area contributed by atoms with Crippen molar-refractivity contribution in [3.05, 3.63) is 108 Å². The molecule has 5 rings (SSSR count). The van der Waals surface area contributed by atoms with Gasteiger partial charge in [0.25, 0.3) is 0 Å². The highest BCUT2D eigenvalue weighted by Gasteiger charge is 2.19. The van der Waals surface area contributed by atoms with Gasteiger partial charge in [0, 0.05) is 5.39 Å². The number of rotatable bonds is 8. The molecule has 1 heterocycles. The number of imidazole rings is 1. The molecule has 5 aromatic rings. The molecule has 5 heteroatoms. The van der Waals surface area contributed by atoms with Crippen molar-refractivity contribution in [2.45, 2.75) is 32.9 Å². The molecule has 0 aliphatic heterocycles. The number of benzene rings is 4. The molecule has 1 amide bonds. The van der Waals surface area contributed by atoms with Gasteiger partial charge in [-0.1, -0.05) is 72.8 Å². The number of fused-ring (bicyclic) bond motifs is 2. The molecule has 0 fully saturated rings. The molecule has 0 bridgehead atoms. The molecule has 0 radical (unpaired) electrons. The Bertz CT molecular complexity index is 1480. The van der Waals surface area contributed by atoms with Gasteiger partial charge in [0.1, 0.15) is 18.2 Å². The Morgan fingerprint density at radius 2 is 1.69 bits per heavy atom. The average Bonchev–Trinajstić information content (AvgIpc) is 3.24. The number of amides is 1. The van der Waals surface area contributed by atoms with Crippen LogP contribution in [-0.2, 0) is 17.8 Å². The van der Waals surface area contributed by atoms with E-state index in [1.807, 2.05) is 80.6 Å². The minimum Gasteiger partial charge on any atom is -0.491 e. The van der Waals surface area contributed by atoms with E-state index in [4.69, 9.17) is 9.72 Å². The Morgan fingerprint density at radius 1 is 0.943 bits per heavy atom. The predicted molar refractivity (Wildman–Crippen MR) is 141 cm³/mol. The van der Waals surface area contributed by atoms with Crippen molar-refractivity contribution in [2.24, 2.45) is 0 Å². The van der Waals surface area contributed by atoms with Crippen molar-refractivity contribution in [1.82, 2.24) is 14.9 Å². The predicted octanol–water partition coefficient (Wildman–Crippen LogP) is 6.00. The zero-order chi connectivity index (χ0) is 24.2. The summed E-state index contributed by atoms with van der Waals surface area (Å²) in [5, 5.41) is 5.40.